The van der Waals surface area contributed by atoms with Crippen molar-refractivity contribution in [2.45, 2.75) is 125 Å². The third kappa shape index (κ3) is 9.53. The summed E-state index contributed by atoms with van der Waals surface area (Å²) in [6.45, 7) is 7.49. The number of benzene rings is 1. The van der Waals surface area contributed by atoms with Crippen molar-refractivity contribution in [3.63, 3.8) is 0 Å². The molecular weight excluding hydrogens is 829 g/mol. The number of hydrogen-bond acceptors (Lipinski definition) is 5. The van der Waals surface area contributed by atoms with Crippen LogP contribution in [0.15, 0.2) is 35.9 Å². The molecule has 2 atom stereocenters. The second kappa shape index (κ2) is 17.6. The Morgan fingerprint density at radius 2 is 1.14 bits per heavy atom. The van der Waals surface area contributed by atoms with Crippen molar-refractivity contribution in [3.05, 3.63) is 41.5 Å². The molecule has 0 aliphatic rings. The van der Waals surface area contributed by atoms with E-state index >= 15 is 0 Å². The number of carbonyl (C=O) groups excluding carboxylic acids is 1. The summed E-state index contributed by atoms with van der Waals surface area (Å²) < 4.78 is 245. The van der Waals surface area contributed by atoms with Crippen LogP contribution < -0.4 is 10.2 Å². The molecule has 1 amide bonds. The Hall–Kier alpha value is -2.86. The maximum atomic E-state index is 14.8. The molecule has 24 heteroatoms. The molecule has 0 spiro atoms. The number of amides is 1. The Balaban J connectivity index is 3.20. The van der Waals surface area contributed by atoms with Gasteiger partial charge in [-0.3, -0.25) is 10.0 Å². The molecule has 0 saturated heterocycles. The van der Waals surface area contributed by atoms with Crippen LogP contribution in [0.4, 0.5) is 74.6 Å². The van der Waals surface area contributed by atoms with Crippen molar-refractivity contribution in [2.24, 2.45) is 5.92 Å². The van der Waals surface area contributed by atoms with Crippen LogP contribution in [0.2, 0.25) is 17.1 Å². The molecule has 6 nitrogen and oxygen atoms in total. The van der Waals surface area contributed by atoms with E-state index in [2.05, 4.69) is 0 Å². The second-order valence-corrected chi connectivity index (χ2v) is 18.7. The molecule has 0 unspecified atom stereocenters. The lowest BCUT2D eigenvalue weighted by atomic mass is 9.88. The zero-order valence-corrected chi connectivity index (χ0v) is 31.3. The maximum absolute atomic E-state index is 14.8. The first-order valence-electron chi connectivity index (χ1n) is 16.4. The largest absolute Gasteiger partial charge is 0.491 e. The van der Waals surface area contributed by atoms with Crippen LogP contribution in [-0.4, -0.2) is 85.4 Å². The van der Waals surface area contributed by atoms with Gasteiger partial charge in [-0.25, -0.2) is 5.48 Å². The molecule has 0 aliphatic carbocycles. The summed E-state index contributed by atoms with van der Waals surface area (Å²) in [5.74, 6) is -57.7. The lowest BCUT2D eigenvalue weighted by molar-refractivity contribution is -0.461. The predicted octanol–water partition coefficient (Wildman–Crippen LogP) is 10.8. The van der Waals surface area contributed by atoms with Gasteiger partial charge in [0.1, 0.15) is 12.4 Å². The first-order valence-corrected chi connectivity index (χ1v) is 18.6. The van der Waals surface area contributed by atoms with Crippen LogP contribution in [0.5, 0.6) is 5.75 Å². The van der Waals surface area contributed by atoms with E-state index in [0.717, 1.165) is 0 Å². The van der Waals surface area contributed by atoms with E-state index in [1.54, 1.807) is 6.92 Å². The molecule has 3 N–H and O–H groups in total. The van der Waals surface area contributed by atoms with Gasteiger partial charge in [0.05, 0.1) is 12.7 Å². The van der Waals surface area contributed by atoms with Crippen LogP contribution in [0.1, 0.15) is 66.1 Å². The highest BCUT2D eigenvalue weighted by Crippen LogP contribution is 2.64. The van der Waals surface area contributed by atoms with Crippen LogP contribution in [0, 0.1) is 5.92 Å². The molecule has 0 saturated carbocycles. The third-order valence-corrected chi connectivity index (χ3v) is 15.0. The molecule has 0 radical (unpaired) electrons. The number of aliphatic hydroxyl groups is 1. The van der Waals surface area contributed by atoms with Crippen molar-refractivity contribution >= 4 is 14.2 Å². The molecule has 56 heavy (non-hydrogen) atoms. The zero-order chi connectivity index (χ0) is 44.3. The van der Waals surface area contributed by atoms with E-state index in [1.165, 1.54) is 70.4 Å². The van der Waals surface area contributed by atoms with Crippen LogP contribution >= 0.6 is 0 Å². The van der Waals surface area contributed by atoms with Crippen LogP contribution in [0.3, 0.4) is 0 Å². The number of rotatable bonds is 21. The van der Waals surface area contributed by atoms with Crippen molar-refractivity contribution in [2.75, 3.05) is 13.2 Å². The lowest BCUT2D eigenvalue weighted by Gasteiger charge is -2.44. The molecule has 0 fully saturated rings. The number of carbonyl (C=O) groups is 1. The Bertz CT molecular complexity index is 1480. The van der Waals surface area contributed by atoms with Gasteiger partial charge in [-0.15, -0.1) is 0 Å². The molecule has 1 aromatic carbocycles. The molecule has 326 valence electrons. The molecule has 0 bridgehead atoms. The minimum atomic E-state index is -8.68. The molecule has 0 aromatic heterocycles. The summed E-state index contributed by atoms with van der Waals surface area (Å²) in [4.78, 5) is 11.4. The normalized spacial score (nSPS) is 16.0. The highest BCUT2D eigenvalue weighted by molar-refractivity contribution is 6.76. The number of hydroxylamine groups is 1. The smallest absolute Gasteiger partial charge is 0.460 e. The minimum Gasteiger partial charge on any atom is -0.491 e. The van der Waals surface area contributed by atoms with Gasteiger partial charge in [-0.1, -0.05) is 52.8 Å². The summed E-state index contributed by atoms with van der Waals surface area (Å²) in [6.07, 6.45) is -9.70. The number of ether oxygens (including phenoxy) is 1. The molecule has 0 aliphatic heterocycles. The van der Waals surface area contributed by atoms with E-state index < -0.39 is 104 Å². The fourth-order valence-corrected chi connectivity index (χ4v) is 9.98. The van der Waals surface area contributed by atoms with E-state index in [-0.39, 0.29) is 24.4 Å². The molecule has 1 aromatic rings. The van der Waals surface area contributed by atoms with Gasteiger partial charge in [-0.2, -0.15) is 74.6 Å². The second-order valence-electron chi connectivity index (χ2n) is 13.7. The van der Waals surface area contributed by atoms with Gasteiger partial charge in [-0.05, 0) is 54.1 Å². The maximum Gasteiger partial charge on any atom is 0.460 e. The predicted molar refractivity (Wildman–Crippen MR) is 166 cm³/mol. The Labute approximate surface area is 310 Å². The zero-order valence-electron chi connectivity index (χ0n) is 30.3. The van der Waals surface area contributed by atoms with Crippen molar-refractivity contribution in [3.8, 4) is 5.75 Å². The summed E-state index contributed by atoms with van der Waals surface area (Å²) in [6, 6.07) is 4.38. The summed E-state index contributed by atoms with van der Waals surface area (Å²) in [7, 11) is -3.95. The third-order valence-electron chi connectivity index (χ3n) is 9.31. The fourth-order valence-electron chi connectivity index (χ4n) is 5.51. The van der Waals surface area contributed by atoms with Gasteiger partial charge < -0.3 is 14.3 Å². The SMILES string of the molecule is C/C(=C\C[C@H](C)[C@@H](O)c1ccc(OCCO[Si](CCC(F)(F)C(F)(F)C(F)(F)C(F)(F)C(F)(F)C(F)(F)C(F)(F)C(F)(F)F)(C(C)C)C(C)C)cc1)C(=O)NO. The quantitative estimate of drug-likeness (QED) is 0.0286. The van der Waals surface area contributed by atoms with Gasteiger partial charge >= 0.3 is 47.6 Å². The Kier molecular flexibility index (Phi) is 16.0. The topological polar surface area (TPSA) is 88.0 Å². The number of halogens is 17. The van der Waals surface area contributed by atoms with Crippen molar-refractivity contribution < 1.29 is 98.9 Å². The molecule has 1 rings (SSSR count). The fraction of sp³-hybridized carbons (Fsp3) is 0.719. The van der Waals surface area contributed by atoms with E-state index in [0.29, 0.717) is 5.56 Å². The number of hydrogen-bond donors (Lipinski definition) is 3. The van der Waals surface area contributed by atoms with E-state index in [9.17, 15) is 84.5 Å². The Morgan fingerprint density at radius 1 is 0.714 bits per heavy atom. The van der Waals surface area contributed by atoms with Crippen LogP contribution in [0.25, 0.3) is 0 Å². The first kappa shape index (κ1) is 51.2. The van der Waals surface area contributed by atoms with Crippen molar-refractivity contribution in [1.29, 1.82) is 0 Å². The molecular formula is C32H40F17NO5Si. The van der Waals surface area contributed by atoms with Crippen LogP contribution in [-0.2, 0) is 9.22 Å². The summed E-state index contributed by atoms with van der Waals surface area (Å²) >= 11 is 0. The van der Waals surface area contributed by atoms with Crippen molar-refractivity contribution in [1.82, 2.24) is 5.48 Å². The average Bonchev–Trinajstić information content (AvgIpc) is 3.08. The number of aliphatic hydroxyl groups excluding tert-OH is 1. The van der Waals surface area contributed by atoms with Gasteiger partial charge in [0.25, 0.3) is 5.91 Å². The lowest BCUT2D eigenvalue weighted by Crippen LogP contribution is -2.74. The highest BCUT2D eigenvalue weighted by atomic mass is 28.4. The first-order chi connectivity index (χ1) is 25.0. The van der Waals surface area contributed by atoms with Gasteiger partial charge in [0, 0.05) is 12.0 Å². The van der Waals surface area contributed by atoms with E-state index in [1.807, 2.05) is 0 Å². The number of alkyl halides is 17. The van der Waals surface area contributed by atoms with Gasteiger partial charge in [0.2, 0.25) is 0 Å². The summed E-state index contributed by atoms with van der Waals surface area (Å²) in [5, 5.41) is 19.3. The Morgan fingerprint density at radius 3 is 1.55 bits per heavy atom. The monoisotopic (exact) mass is 869 g/mol. The number of nitrogens with one attached hydrogen (secondary N) is 1. The van der Waals surface area contributed by atoms with Gasteiger partial charge in [0.15, 0.2) is 8.32 Å². The molecule has 0 heterocycles. The average molecular weight is 870 g/mol. The number of allylic oxidation sites excluding steroid dienone is 1. The van der Waals surface area contributed by atoms with E-state index in [4.69, 9.17) is 14.4 Å². The summed E-state index contributed by atoms with van der Waals surface area (Å²) in [5.41, 5.74) is 0.331. The standard InChI is InChI=1S/C32H40F17NO5Si/c1-17(2)56(18(3)4,55-15-14-54-22-11-9-21(10-12-22)23(51)19(5)7-8-20(6)24(52)50-53)16-13-25(33,34)26(35,36)27(37,38)28(39,40)29(41,42)30(43,44)31(45,46)32(47,48)49/h8-12,17-19,23,51,53H,7,13-16H2,1-6H3,(H,50,52)/b20-8+/t19-,23+/m0/s1. The highest BCUT2D eigenvalue weighted by Gasteiger charge is 2.95. The minimum absolute atomic E-state index is 0.152.